The van der Waals surface area contributed by atoms with Gasteiger partial charge in [-0.2, -0.15) is 0 Å². The number of rotatable bonds is 11. The minimum absolute atomic E-state index is 0.0596. The minimum atomic E-state index is -1.02. The lowest BCUT2D eigenvalue weighted by atomic mass is 10.1. The second kappa shape index (κ2) is 12.7. The number of hydrogen-bond acceptors (Lipinski definition) is 7. The highest BCUT2D eigenvalue weighted by atomic mass is 16.6. The molecule has 0 bridgehead atoms. The van der Waals surface area contributed by atoms with Gasteiger partial charge in [0.25, 0.3) is 0 Å². The van der Waals surface area contributed by atoms with Gasteiger partial charge in [0.05, 0.1) is 7.11 Å². The zero-order valence-electron chi connectivity index (χ0n) is 20.2. The molecule has 33 heavy (non-hydrogen) atoms. The minimum Gasteiger partial charge on any atom is -0.467 e. The van der Waals surface area contributed by atoms with Crippen molar-refractivity contribution < 1.29 is 23.9 Å². The number of H-pyrrole nitrogens is 1. The molecule has 12 heteroatoms. The van der Waals surface area contributed by atoms with Gasteiger partial charge in [-0.05, 0) is 33.6 Å². The summed E-state index contributed by atoms with van der Waals surface area (Å²) in [6.07, 6.45) is 1.65. The Morgan fingerprint density at radius 2 is 1.85 bits per heavy atom. The lowest BCUT2D eigenvalue weighted by Gasteiger charge is -2.24. The standard InChI is InChI=1S/C21H37N7O5/c1-12(2)16-25-11-13(26-16)10-15(28-20(31)33-21(3,4)5)17(29)27-14(18(30)32-6)8-7-9-24-19(22)23/h11-12,14-15H,7-10H2,1-6H3,(H,25,26)(H,27,29)(H,28,31)(H4,22,23,24)/t14-,15-/m0/s1. The van der Waals surface area contributed by atoms with Crippen molar-refractivity contribution in [1.82, 2.24) is 20.6 Å². The molecule has 0 fully saturated rings. The number of guanidine groups is 1. The van der Waals surface area contributed by atoms with Crippen molar-refractivity contribution in [1.29, 1.82) is 0 Å². The second-order valence-corrected chi connectivity index (χ2v) is 8.88. The number of nitrogens with zero attached hydrogens (tertiary/aromatic N) is 2. The van der Waals surface area contributed by atoms with Gasteiger partial charge in [0.15, 0.2) is 5.96 Å². The number of esters is 1. The Bertz CT molecular complexity index is 825. The number of carbonyl (C=O) groups is 3. The largest absolute Gasteiger partial charge is 0.467 e. The number of nitrogens with one attached hydrogen (secondary N) is 3. The number of hydrogen-bond donors (Lipinski definition) is 5. The zero-order chi connectivity index (χ0) is 25.2. The summed E-state index contributed by atoms with van der Waals surface area (Å²) in [7, 11) is 1.23. The van der Waals surface area contributed by atoms with Crippen LogP contribution in [0.2, 0.25) is 0 Å². The molecule has 7 N–H and O–H groups in total. The van der Waals surface area contributed by atoms with Gasteiger partial charge in [-0.25, -0.2) is 14.6 Å². The van der Waals surface area contributed by atoms with Gasteiger partial charge >= 0.3 is 12.1 Å². The first-order chi connectivity index (χ1) is 15.3. The molecule has 0 spiro atoms. The number of aromatic nitrogens is 2. The maximum atomic E-state index is 13.1. The molecular weight excluding hydrogens is 430 g/mol. The fourth-order valence-corrected chi connectivity index (χ4v) is 2.82. The van der Waals surface area contributed by atoms with Crippen LogP contribution in [0.25, 0.3) is 0 Å². The maximum absolute atomic E-state index is 13.1. The molecule has 0 unspecified atom stereocenters. The van der Waals surface area contributed by atoms with Crippen LogP contribution >= 0.6 is 0 Å². The Morgan fingerprint density at radius 3 is 2.36 bits per heavy atom. The van der Waals surface area contributed by atoms with Crippen LogP contribution in [-0.4, -0.2) is 65.2 Å². The number of aromatic amines is 1. The monoisotopic (exact) mass is 467 g/mol. The highest BCUT2D eigenvalue weighted by molar-refractivity contribution is 5.89. The number of ether oxygens (including phenoxy) is 2. The van der Waals surface area contributed by atoms with Crippen LogP contribution in [0.15, 0.2) is 11.2 Å². The first-order valence-electron chi connectivity index (χ1n) is 10.8. The molecule has 2 amide bonds. The summed E-state index contributed by atoms with van der Waals surface area (Å²) in [4.78, 5) is 48.9. The Hall–Kier alpha value is -3.31. The fraction of sp³-hybridized carbons (Fsp3) is 0.667. The fourth-order valence-electron chi connectivity index (χ4n) is 2.82. The Morgan fingerprint density at radius 1 is 1.18 bits per heavy atom. The van der Waals surface area contributed by atoms with Gasteiger partial charge in [0, 0.05) is 30.8 Å². The molecule has 0 aromatic carbocycles. The highest BCUT2D eigenvalue weighted by Crippen LogP contribution is 2.12. The van der Waals surface area contributed by atoms with E-state index in [2.05, 4.69) is 25.6 Å². The zero-order valence-corrected chi connectivity index (χ0v) is 20.2. The molecule has 0 aliphatic rings. The van der Waals surface area contributed by atoms with E-state index in [1.807, 2.05) is 13.8 Å². The number of nitrogens with two attached hydrogens (primary N) is 2. The van der Waals surface area contributed by atoms with Crippen LogP contribution in [-0.2, 0) is 25.5 Å². The van der Waals surface area contributed by atoms with E-state index in [0.717, 1.165) is 5.82 Å². The molecular formula is C21H37N7O5. The quantitative estimate of drug-likeness (QED) is 0.136. The van der Waals surface area contributed by atoms with Crippen molar-refractivity contribution in [2.75, 3.05) is 13.7 Å². The smallest absolute Gasteiger partial charge is 0.408 e. The van der Waals surface area contributed by atoms with Crippen molar-refractivity contribution >= 4 is 23.9 Å². The third kappa shape index (κ3) is 10.7. The predicted octanol–water partition coefficient (Wildman–Crippen LogP) is 0.680. The first-order valence-corrected chi connectivity index (χ1v) is 10.8. The van der Waals surface area contributed by atoms with Crippen LogP contribution < -0.4 is 22.1 Å². The summed E-state index contributed by atoms with van der Waals surface area (Å²) < 4.78 is 10.1. The summed E-state index contributed by atoms with van der Waals surface area (Å²) in [6, 6.07) is -1.96. The van der Waals surface area contributed by atoms with Gasteiger partial charge < -0.3 is 36.6 Å². The van der Waals surface area contributed by atoms with E-state index in [4.69, 9.17) is 20.9 Å². The molecule has 12 nitrogen and oxygen atoms in total. The lowest BCUT2D eigenvalue weighted by Crippen LogP contribution is -2.53. The molecule has 0 saturated heterocycles. The summed E-state index contributed by atoms with van der Waals surface area (Å²) in [5, 5.41) is 5.22. The van der Waals surface area contributed by atoms with E-state index >= 15 is 0 Å². The molecule has 0 saturated carbocycles. The molecule has 0 aliphatic heterocycles. The van der Waals surface area contributed by atoms with Crippen LogP contribution in [0.4, 0.5) is 4.79 Å². The van der Waals surface area contributed by atoms with Crippen LogP contribution in [0.5, 0.6) is 0 Å². The van der Waals surface area contributed by atoms with Crippen molar-refractivity contribution in [3.05, 3.63) is 17.7 Å². The van der Waals surface area contributed by atoms with Gasteiger partial charge in [0.1, 0.15) is 23.5 Å². The number of amides is 2. The number of methoxy groups -OCH3 is 1. The van der Waals surface area contributed by atoms with Crippen molar-refractivity contribution in [2.45, 2.75) is 77.5 Å². The molecule has 2 atom stereocenters. The van der Waals surface area contributed by atoms with Crippen LogP contribution in [0.1, 0.15) is 64.9 Å². The summed E-state index contributed by atoms with van der Waals surface area (Å²) >= 11 is 0. The highest BCUT2D eigenvalue weighted by Gasteiger charge is 2.29. The van der Waals surface area contributed by atoms with E-state index in [9.17, 15) is 14.4 Å². The van der Waals surface area contributed by atoms with E-state index in [1.165, 1.54) is 7.11 Å². The molecule has 0 radical (unpaired) electrons. The first kappa shape index (κ1) is 27.7. The lowest BCUT2D eigenvalue weighted by molar-refractivity contribution is -0.145. The van der Waals surface area contributed by atoms with E-state index in [-0.39, 0.29) is 31.3 Å². The van der Waals surface area contributed by atoms with Crippen LogP contribution in [0.3, 0.4) is 0 Å². The molecule has 1 aromatic heterocycles. The third-order valence-electron chi connectivity index (χ3n) is 4.37. The molecule has 1 aromatic rings. The summed E-state index contributed by atoms with van der Waals surface area (Å²) in [5.74, 6) is -0.325. The Balaban J connectivity index is 2.98. The van der Waals surface area contributed by atoms with Gasteiger partial charge in [0.2, 0.25) is 5.91 Å². The van der Waals surface area contributed by atoms with Crippen LogP contribution in [0, 0.1) is 0 Å². The van der Waals surface area contributed by atoms with Gasteiger partial charge in [-0.15, -0.1) is 0 Å². The number of aliphatic imine (C=N–C) groups is 1. The van der Waals surface area contributed by atoms with Gasteiger partial charge in [-0.3, -0.25) is 9.79 Å². The summed E-state index contributed by atoms with van der Waals surface area (Å²) in [5.41, 5.74) is 10.5. The molecule has 0 aliphatic carbocycles. The number of imidazole rings is 1. The number of carbonyl (C=O) groups excluding carboxylic acids is 3. The average Bonchev–Trinajstić information content (AvgIpc) is 3.16. The van der Waals surface area contributed by atoms with E-state index in [1.54, 1.807) is 27.0 Å². The SMILES string of the molecule is COC(=O)[C@H](CCCN=C(N)N)NC(=O)[C@H](Cc1cnc(C(C)C)[nH]1)NC(=O)OC(C)(C)C. The van der Waals surface area contributed by atoms with E-state index < -0.39 is 35.7 Å². The van der Waals surface area contributed by atoms with Gasteiger partial charge in [-0.1, -0.05) is 13.8 Å². The molecule has 186 valence electrons. The average molecular weight is 468 g/mol. The predicted molar refractivity (Wildman–Crippen MR) is 123 cm³/mol. The topological polar surface area (TPSA) is 187 Å². The van der Waals surface area contributed by atoms with Crippen molar-refractivity contribution in [3.63, 3.8) is 0 Å². The maximum Gasteiger partial charge on any atom is 0.408 e. The second-order valence-electron chi connectivity index (χ2n) is 8.88. The summed E-state index contributed by atoms with van der Waals surface area (Å²) in [6.45, 7) is 9.40. The van der Waals surface area contributed by atoms with Crippen molar-refractivity contribution in [3.8, 4) is 0 Å². The third-order valence-corrected chi connectivity index (χ3v) is 4.37. The Kier molecular flexibility index (Phi) is 10.6. The normalized spacial score (nSPS) is 13.1. The molecule has 1 rings (SSSR count). The Labute approximate surface area is 194 Å². The number of alkyl carbamates (subject to hydrolysis) is 1. The van der Waals surface area contributed by atoms with Crippen molar-refractivity contribution in [2.24, 2.45) is 16.5 Å². The molecule has 1 heterocycles. The van der Waals surface area contributed by atoms with E-state index in [0.29, 0.717) is 12.1 Å².